The molecule has 1 unspecified atom stereocenters. The number of hydrogen-bond donors (Lipinski definition) is 2. The summed E-state index contributed by atoms with van der Waals surface area (Å²) in [7, 11) is 0. The highest BCUT2D eigenvalue weighted by Crippen LogP contribution is 2.34. The molecule has 5 nitrogen and oxygen atoms in total. The summed E-state index contributed by atoms with van der Waals surface area (Å²) < 4.78 is 5.33. The van der Waals surface area contributed by atoms with E-state index >= 15 is 0 Å². The predicted molar refractivity (Wildman–Crippen MR) is 75.3 cm³/mol. The predicted octanol–water partition coefficient (Wildman–Crippen LogP) is 1.82. The van der Waals surface area contributed by atoms with Gasteiger partial charge < -0.3 is 10.2 Å². The van der Waals surface area contributed by atoms with Crippen LogP contribution in [0.25, 0.3) is 0 Å². The van der Waals surface area contributed by atoms with E-state index in [1.165, 1.54) is 0 Å². The van der Waals surface area contributed by atoms with E-state index in [1.54, 1.807) is 42.7 Å². The molecule has 3 rings (SSSR count). The van der Waals surface area contributed by atoms with Crippen molar-refractivity contribution < 1.29 is 9.21 Å². The van der Waals surface area contributed by atoms with E-state index in [0.29, 0.717) is 17.2 Å². The molecule has 0 saturated carbocycles. The summed E-state index contributed by atoms with van der Waals surface area (Å²) >= 11 is 5.89. The van der Waals surface area contributed by atoms with Crippen molar-refractivity contribution in [3.8, 4) is 0 Å². The molecule has 0 bridgehead atoms. The van der Waals surface area contributed by atoms with Crippen LogP contribution in [0.4, 0.5) is 0 Å². The van der Waals surface area contributed by atoms with Crippen LogP contribution in [0.15, 0.2) is 52.1 Å². The van der Waals surface area contributed by atoms with E-state index in [9.17, 15) is 4.79 Å². The first-order chi connectivity index (χ1) is 9.60. The second kappa shape index (κ2) is 4.68. The second-order valence-corrected chi connectivity index (χ2v) is 5.01. The molecule has 0 aliphatic carbocycles. The summed E-state index contributed by atoms with van der Waals surface area (Å²) in [6.45, 7) is 0. The third-order valence-electron chi connectivity index (χ3n) is 3.26. The molecule has 1 aliphatic heterocycles. The number of nitrogens with zero attached hydrogens (tertiary/aromatic N) is 1. The molecular weight excluding hydrogens is 278 g/mol. The maximum Gasteiger partial charge on any atom is 0.259 e. The molecule has 2 aromatic rings. The van der Waals surface area contributed by atoms with E-state index < -0.39 is 5.54 Å². The van der Waals surface area contributed by atoms with Gasteiger partial charge in [0, 0.05) is 11.4 Å². The lowest BCUT2D eigenvalue weighted by Gasteiger charge is -2.22. The maximum atomic E-state index is 12.3. The van der Waals surface area contributed by atoms with Crippen LogP contribution in [0, 0.1) is 0 Å². The van der Waals surface area contributed by atoms with Gasteiger partial charge in [0.25, 0.3) is 5.91 Å². The minimum absolute atomic E-state index is 0.108. The number of nitrogens with one attached hydrogen (secondary N) is 1. The Labute approximate surface area is 120 Å². The zero-order valence-corrected chi connectivity index (χ0v) is 11.2. The first kappa shape index (κ1) is 12.7. The molecule has 1 aromatic heterocycles. The van der Waals surface area contributed by atoms with Crippen molar-refractivity contribution in [1.82, 2.24) is 5.32 Å². The lowest BCUT2D eigenvalue weighted by atomic mass is 9.86. The van der Waals surface area contributed by atoms with Gasteiger partial charge in [-0.25, -0.2) is 4.99 Å². The monoisotopic (exact) mass is 289 g/mol. The topological polar surface area (TPSA) is 80.6 Å². The Hall–Kier alpha value is -2.27. The average Bonchev–Trinajstić information content (AvgIpc) is 3.00. The molecule has 20 heavy (non-hydrogen) atoms. The summed E-state index contributed by atoms with van der Waals surface area (Å²) in [5.74, 6) is 0.499. The molecule has 102 valence electrons. The van der Waals surface area contributed by atoms with E-state index in [1.807, 2.05) is 0 Å². The van der Waals surface area contributed by atoms with Gasteiger partial charge in [0.05, 0.1) is 6.26 Å². The Morgan fingerprint density at radius 3 is 2.60 bits per heavy atom. The molecule has 2 heterocycles. The first-order valence-electron chi connectivity index (χ1n) is 6.05. The molecule has 0 saturated heterocycles. The third-order valence-corrected chi connectivity index (χ3v) is 3.51. The van der Waals surface area contributed by atoms with Crippen LogP contribution in [-0.4, -0.2) is 11.9 Å². The summed E-state index contributed by atoms with van der Waals surface area (Å²) in [5, 5.41) is 3.14. The zero-order chi connectivity index (χ0) is 14.2. The van der Waals surface area contributed by atoms with Crippen molar-refractivity contribution in [3.05, 3.63) is 59.0 Å². The van der Waals surface area contributed by atoms with Crippen molar-refractivity contribution in [3.63, 3.8) is 0 Å². The Balaban J connectivity index is 2.08. The van der Waals surface area contributed by atoms with Crippen molar-refractivity contribution in [2.24, 2.45) is 10.7 Å². The molecule has 0 fully saturated rings. The fraction of sp³-hybridized carbons (Fsp3) is 0.143. The number of aliphatic imine (C=N–C) groups is 1. The number of rotatable bonds is 3. The van der Waals surface area contributed by atoms with Crippen LogP contribution >= 0.6 is 11.6 Å². The van der Waals surface area contributed by atoms with Gasteiger partial charge in [-0.3, -0.25) is 10.1 Å². The van der Waals surface area contributed by atoms with Crippen LogP contribution < -0.4 is 11.1 Å². The molecule has 0 spiro atoms. The van der Waals surface area contributed by atoms with Gasteiger partial charge >= 0.3 is 0 Å². The van der Waals surface area contributed by atoms with Gasteiger partial charge in [-0.1, -0.05) is 23.7 Å². The Morgan fingerprint density at radius 2 is 2.05 bits per heavy atom. The molecule has 6 heteroatoms. The average molecular weight is 290 g/mol. The van der Waals surface area contributed by atoms with Gasteiger partial charge in [-0.2, -0.15) is 0 Å². The smallest absolute Gasteiger partial charge is 0.259 e. The lowest BCUT2D eigenvalue weighted by Crippen LogP contribution is -2.40. The quantitative estimate of drug-likeness (QED) is 0.904. The molecule has 1 amide bonds. The van der Waals surface area contributed by atoms with Crippen LogP contribution in [0.5, 0.6) is 0 Å². The van der Waals surface area contributed by atoms with E-state index in [4.69, 9.17) is 21.8 Å². The van der Waals surface area contributed by atoms with Crippen LogP contribution in [-0.2, 0) is 16.8 Å². The number of hydrogen-bond acceptors (Lipinski definition) is 4. The van der Waals surface area contributed by atoms with Crippen molar-refractivity contribution >= 4 is 23.5 Å². The third kappa shape index (κ3) is 2.06. The minimum atomic E-state index is -1.10. The van der Waals surface area contributed by atoms with Crippen molar-refractivity contribution in [2.75, 3.05) is 0 Å². The fourth-order valence-electron chi connectivity index (χ4n) is 2.31. The van der Waals surface area contributed by atoms with Crippen LogP contribution in [0.3, 0.4) is 0 Å². The van der Waals surface area contributed by atoms with Crippen molar-refractivity contribution in [1.29, 1.82) is 0 Å². The number of furan rings is 1. The standard InChI is InChI=1S/C14H12ClN3O2/c15-10-5-3-9(4-6-10)14(8-11-2-1-7-20-11)12(19)17-13(16)18-14/h1-7H,8H2,(H3,16,17,18,19). The number of carbonyl (C=O) groups excluding carboxylic acids is 1. The zero-order valence-electron chi connectivity index (χ0n) is 10.5. The SMILES string of the molecule is NC1=NC(Cc2ccco2)(c2ccc(Cl)cc2)C(=O)N1. The van der Waals surface area contributed by atoms with E-state index in [2.05, 4.69) is 10.3 Å². The van der Waals surface area contributed by atoms with Gasteiger partial charge in [-0.15, -0.1) is 0 Å². The largest absolute Gasteiger partial charge is 0.469 e. The van der Waals surface area contributed by atoms with Crippen molar-refractivity contribution in [2.45, 2.75) is 12.0 Å². The second-order valence-electron chi connectivity index (χ2n) is 4.57. The minimum Gasteiger partial charge on any atom is -0.469 e. The maximum absolute atomic E-state index is 12.3. The summed E-state index contributed by atoms with van der Waals surface area (Å²) in [4.78, 5) is 16.6. The van der Waals surface area contributed by atoms with Gasteiger partial charge in [-0.05, 0) is 29.8 Å². The van der Waals surface area contributed by atoms with Crippen LogP contribution in [0.1, 0.15) is 11.3 Å². The first-order valence-corrected chi connectivity index (χ1v) is 6.43. The normalized spacial score (nSPS) is 21.6. The van der Waals surface area contributed by atoms with Crippen LogP contribution in [0.2, 0.25) is 5.02 Å². The Morgan fingerprint density at radius 1 is 1.30 bits per heavy atom. The number of carbonyl (C=O) groups is 1. The summed E-state index contributed by atoms with van der Waals surface area (Å²) in [5.41, 5.74) is 5.27. The van der Waals surface area contributed by atoms with Gasteiger partial charge in [0.2, 0.25) is 0 Å². The summed E-state index contributed by atoms with van der Waals surface area (Å²) in [6, 6.07) is 10.6. The fourth-order valence-corrected chi connectivity index (χ4v) is 2.44. The highest BCUT2D eigenvalue weighted by Gasteiger charge is 2.45. The summed E-state index contributed by atoms with van der Waals surface area (Å²) in [6.07, 6.45) is 1.86. The number of benzene rings is 1. The number of halogens is 1. The van der Waals surface area contributed by atoms with E-state index in [-0.39, 0.29) is 11.9 Å². The molecule has 3 N–H and O–H groups in total. The Kier molecular flexibility index (Phi) is 2.99. The van der Waals surface area contributed by atoms with Gasteiger partial charge in [0.15, 0.2) is 11.5 Å². The molecule has 1 aliphatic rings. The Bertz CT molecular complexity index is 664. The number of guanidine groups is 1. The lowest BCUT2D eigenvalue weighted by molar-refractivity contribution is -0.124. The number of nitrogens with two attached hydrogens (primary N) is 1. The molecule has 1 aromatic carbocycles. The molecule has 0 radical (unpaired) electrons. The number of amides is 1. The van der Waals surface area contributed by atoms with Gasteiger partial charge in [0.1, 0.15) is 5.76 Å². The molecular formula is C14H12ClN3O2. The highest BCUT2D eigenvalue weighted by molar-refractivity contribution is 6.30. The van der Waals surface area contributed by atoms with E-state index in [0.717, 1.165) is 5.56 Å². The highest BCUT2D eigenvalue weighted by atomic mass is 35.5. The molecule has 1 atom stereocenters.